The van der Waals surface area contributed by atoms with Gasteiger partial charge in [-0.05, 0) is 43.2 Å². The number of anilines is 1. The highest BCUT2D eigenvalue weighted by atomic mass is 16.7. The monoisotopic (exact) mass is 275 g/mol. The third-order valence-corrected chi connectivity index (χ3v) is 4.70. The van der Waals surface area contributed by atoms with Crippen LogP contribution in [0.2, 0.25) is 0 Å². The second-order valence-electron chi connectivity index (χ2n) is 6.42. The Balaban J connectivity index is 1.60. The average Bonchev–Trinajstić information content (AvgIpc) is 2.76. The quantitative estimate of drug-likeness (QED) is 0.828. The molecular formula is C17H25NO2. The fourth-order valence-electron chi connectivity index (χ4n) is 3.36. The molecule has 1 aliphatic heterocycles. The maximum atomic E-state index is 5.44. The fourth-order valence-corrected chi connectivity index (χ4v) is 3.36. The SMILES string of the molecule is CC(C)C1CCCC(Nc2ccc3c(c2)OCO3)CC1. The molecule has 20 heavy (non-hydrogen) atoms. The highest BCUT2D eigenvalue weighted by Crippen LogP contribution is 2.35. The molecule has 0 amide bonds. The van der Waals surface area contributed by atoms with E-state index in [0.717, 1.165) is 29.0 Å². The molecule has 0 spiro atoms. The predicted octanol–water partition coefficient (Wildman–Crippen LogP) is 4.43. The van der Waals surface area contributed by atoms with Gasteiger partial charge in [0.05, 0.1) is 0 Å². The van der Waals surface area contributed by atoms with E-state index in [4.69, 9.17) is 9.47 Å². The molecule has 3 rings (SSSR count). The molecule has 0 saturated heterocycles. The van der Waals surface area contributed by atoms with Gasteiger partial charge in [-0.1, -0.05) is 26.7 Å². The largest absolute Gasteiger partial charge is 0.454 e. The molecule has 0 aromatic heterocycles. The van der Waals surface area contributed by atoms with Gasteiger partial charge in [-0.25, -0.2) is 0 Å². The minimum absolute atomic E-state index is 0.346. The molecule has 1 aromatic carbocycles. The topological polar surface area (TPSA) is 30.5 Å². The van der Waals surface area contributed by atoms with Gasteiger partial charge in [-0.2, -0.15) is 0 Å². The molecule has 3 nitrogen and oxygen atoms in total. The highest BCUT2D eigenvalue weighted by Gasteiger charge is 2.21. The molecule has 1 aliphatic carbocycles. The molecule has 2 aliphatic rings. The van der Waals surface area contributed by atoms with Crippen LogP contribution in [0.15, 0.2) is 18.2 Å². The Morgan fingerprint density at radius 2 is 1.90 bits per heavy atom. The van der Waals surface area contributed by atoms with Crippen molar-refractivity contribution in [3.63, 3.8) is 0 Å². The van der Waals surface area contributed by atoms with Crippen molar-refractivity contribution in [3.05, 3.63) is 18.2 Å². The van der Waals surface area contributed by atoms with Crippen LogP contribution in [0, 0.1) is 11.8 Å². The standard InChI is InChI=1S/C17H25NO2/c1-12(2)13-4-3-5-14(7-6-13)18-15-8-9-16-17(10-15)20-11-19-16/h8-10,12-14,18H,3-7,11H2,1-2H3. The smallest absolute Gasteiger partial charge is 0.231 e. The number of rotatable bonds is 3. The maximum Gasteiger partial charge on any atom is 0.231 e. The van der Waals surface area contributed by atoms with Gasteiger partial charge in [0.25, 0.3) is 0 Å². The van der Waals surface area contributed by atoms with E-state index in [1.54, 1.807) is 0 Å². The minimum Gasteiger partial charge on any atom is -0.454 e. The van der Waals surface area contributed by atoms with Crippen molar-refractivity contribution in [1.29, 1.82) is 0 Å². The van der Waals surface area contributed by atoms with Gasteiger partial charge in [-0.15, -0.1) is 0 Å². The Hall–Kier alpha value is -1.38. The Morgan fingerprint density at radius 3 is 2.75 bits per heavy atom. The van der Waals surface area contributed by atoms with Crippen LogP contribution in [-0.2, 0) is 0 Å². The number of hydrogen-bond donors (Lipinski definition) is 1. The van der Waals surface area contributed by atoms with Gasteiger partial charge in [0.1, 0.15) is 0 Å². The summed E-state index contributed by atoms with van der Waals surface area (Å²) in [5, 5.41) is 3.67. The van der Waals surface area contributed by atoms with Crippen LogP contribution < -0.4 is 14.8 Å². The third-order valence-electron chi connectivity index (χ3n) is 4.70. The van der Waals surface area contributed by atoms with Gasteiger partial charge in [0.2, 0.25) is 6.79 Å². The zero-order chi connectivity index (χ0) is 13.9. The Bertz CT molecular complexity index is 458. The van der Waals surface area contributed by atoms with Crippen LogP contribution in [0.3, 0.4) is 0 Å². The number of hydrogen-bond acceptors (Lipinski definition) is 3. The number of ether oxygens (including phenoxy) is 2. The van der Waals surface area contributed by atoms with Crippen molar-refractivity contribution in [2.45, 2.75) is 52.0 Å². The minimum atomic E-state index is 0.346. The molecule has 2 atom stereocenters. The van der Waals surface area contributed by atoms with E-state index >= 15 is 0 Å². The summed E-state index contributed by atoms with van der Waals surface area (Å²) in [5.74, 6) is 3.44. The van der Waals surface area contributed by atoms with Crippen molar-refractivity contribution < 1.29 is 9.47 Å². The summed E-state index contributed by atoms with van der Waals surface area (Å²) in [7, 11) is 0. The molecular weight excluding hydrogens is 250 g/mol. The Kier molecular flexibility index (Phi) is 4.04. The lowest BCUT2D eigenvalue weighted by molar-refractivity contribution is 0.174. The Labute approximate surface area is 121 Å². The van der Waals surface area contributed by atoms with Crippen LogP contribution in [-0.4, -0.2) is 12.8 Å². The molecule has 1 fully saturated rings. The summed E-state index contributed by atoms with van der Waals surface area (Å²) in [6.07, 6.45) is 6.62. The van der Waals surface area contributed by atoms with Crippen molar-refractivity contribution in [2.24, 2.45) is 11.8 Å². The average molecular weight is 275 g/mol. The zero-order valence-corrected chi connectivity index (χ0v) is 12.5. The maximum absolute atomic E-state index is 5.44. The molecule has 0 radical (unpaired) electrons. The normalized spacial score (nSPS) is 25.6. The first-order valence-corrected chi connectivity index (χ1v) is 7.88. The van der Waals surface area contributed by atoms with Gasteiger partial charge < -0.3 is 14.8 Å². The van der Waals surface area contributed by atoms with E-state index in [2.05, 4.69) is 31.3 Å². The molecule has 1 heterocycles. The van der Waals surface area contributed by atoms with E-state index in [9.17, 15) is 0 Å². The number of benzene rings is 1. The number of nitrogens with one attached hydrogen (secondary N) is 1. The summed E-state index contributed by atoms with van der Waals surface area (Å²) in [5.41, 5.74) is 1.15. The highest BCUT2D eigenvalue weighted by molar-refractivity contribution is 5.56. The molecule has 1 aromatic rings. The van der Waals surface area contributed by atoms with Crippen LogP contribution in [0.25, 0.3) is 0 Å². The Morgan fingerprint density at radius 1 is 1.05 bits per heavy atom. The first-order chi connectivity index (χ1) is 9.72. The van der Waals surface area contributed by atoms with E-state index in [-0.39, 0.29) is 0 Å². The molecule has 3 heteroatoms. The van der Waals surface area contributed by atoms with Crippen molar-refractivity contribution in [3.8, 4) is 11.5 Å². The first-order valence-electron chi connectivity index (χ1n) is 7.88. The molecule has 2 unspecified atom stereocenters. The lowest BCUT2D eigenvalue weighted by atomic mass is 9.89. The molecule has 110 valence electrons. The van der Waals surface area contributed by atoms with E-state index in [1.807, 2.05) is 6.07 Å². The van der Waals surface area contributed by atoms with Crippen LogP contribution >= 0.6 is 0 Å². The van der Waals surface area contributed by atoms with Gasteiger partial charge >= 0.3 is 0 Å². The lowest BCUT2D eigenvalue weighted by Crippen LogP contribution is -2.18. The van der Waals surface area contributed by atoms with Crippen molar-refractivity contribution >= 4 is 5.69 Å². The summed E-state index contributed by atoms with van der Waals surface area (Å²) in [6, 6.07) is 6.75. The fraction of sp³-hybridized carbons (Fsp3) is 0.647. The first kappa shape index (κ1) is 13.6. The molecule has 1 saturated carbocycles. The van der Waals surface area contributed by atoms with Crippen LogP contribution in [0.1, 0.15) is 46.0 Å². The van der Waals surface area contributed by atoms with Gasteiger partial charge in [0.15, 0.2) is 11.5 Å². The van der Waals surface area contributed by atoms with E-state index in [1.165, 1.54) is 32.1 Å². The van der Waals surface area contributed by atoms with Crippen LogP contribution in [0.5, 0.6) is 11.5 Å². The summed E-state index contributed by atoms with van der Waals surface area (Å²) >= 11 is 0. The lowest BCUT2D eigenvalue weighted by Gasteiger charge is -2.20. The second kappa shape index (κ2) is 5.94. The molecule has 1 N–H and O–H groups in total. The van der Waals surface area contributed by atoms with Gasteiger partial charge in [0, 0.05) is 17.8 Å². The second-order valence-corrected chi connectivity index (χ2v) is 6.42. The molecule has 0 bridgehead atoms. The summed E-state index contributed by atoms with van der Waals surface area (Å²) < 4.78 is 10.8. The van der Waals surface area contributed by atoms with Crippen molar-refractivity contribution in [1.82, 2.24) is 0 Å². The van der Waals surface area contributed by atoms with Gasteiger partial charge in [-0.3, -0.25) is 0 Å². The van der Waals surface area contributed by atoms with E-state index in [0.29, 0.717) is 12.8 Å². The summed E-state index contributed by atoms with van der Waals surface area (Å²) in [6.45, 7) is 5.06. The predicted molar refractivity (Wildman–Crippen MR) is 81.4 cm³/mol. The number of fused-ring (bicyclic) bond motifs is 1. The third kappa shape index (κ3) is 3.02. The summed E-state index contributed by atoms with van der Waals surface area (Å²) in [4.78, 5) is 0. The zero-order valence-electron chi connectivity index (χ0n) is 12.5. The van der Waals surface area contributed by atoms with Crippen molar-refractivity contribution in [2.75, 3.05) is 12.1 Å². The van der Waals surface area contributed by atoms with E-state index < -0.39 is 0 Å². The van der Waals surface area contributed by atoms with Crippen LogP contribution in [0.4, 0.5) is 5.69 Å².